The molecule has 21 heavy (non-hydrogen) atoms. The topological polar surface area (TPSA) is 29.5 Å². The predicted molar refractivity (Wildman–Crippen MR) is 89.4 cm³/mol. The van der Waals surface area contributed by atoms with Crippen LogP contribution >= 0.6 is 23.4 Å². The van der Waals surface area contributed by atoms with Gasteiger partial charge in [-0.2, -0.15) is 0 Å². The van der Waals surface area contributed by atoms with E-state index in [-0.39, 0.29) is 0 Å². The highest BCUT2D eigenvalue weighted by Crippen LogP contribution is 2.30. The first-order chi connectivity index (χ1) is 10.2. The molecule has 0 aliphatic carbocycles. The minimum Gasteiger partial charge on any atom is -0.493 e. The van der Waals surface area contributed by atoms with Crippen LogP contribution in [0.15, 0.2) is 53.4 Å². The van der Waals surface area contributed by atoms with Crippen LogP contribution in [0.4, 0.5) is 0 Å². The summed E-state index contributed by atoms with van der Waals surface area (Å²) >= 11 is 7.46. The van der Waals surface area contributed by atoms with Crippen LogP contribution in [-0.4, -0.2) is 17.5 Å². The Bertz CT molecular complexity index is 557. The molecule has 0 heterocycles. The second-order valence-corrected chi connectivity index (χ2v) is 6.20. The maximum Gasteiger partial charge on any atom is 0.125 e. The number of rotatable bonds is 7. The molecule has 0 radical (unpaired) electrons. The number of ether oxygens (including phenoxy) is 1. The summed E-state index contributed by atoms with van der Waals surface area (Å²) in [5, 5.41) is 11.1. The summed E-state index contributed by atoms with van der Waals surface area (Å²) < 4.78 is 5.69. The number of para-hydroxylation sites is 1. The van der Waals surface area contributed by atoms with Crippen molar-refractivity contribution in [1.29, 1.82) is 0 Å². The molecule has 0 amide bonds. The Labute approximate surface area is 135 Å². The molecule has 0 saturated heterocycles. The first-order valence-electron chi connectivity index (χ1n) is 6.99. The summed E-state index contributed by atoms with van der Waals surface area (Å²) in [6, 6.07) is 15.3. The number of hydrogen-bond donors (Lipinski definition) is 1. The fourth-order valence-electron chi connectivity index (χ4n) is 1.90. The second-order valence-electron chi connectivity index (χ2n) is 4.67. The molecule has 112 valence electrons. The highest BCUT2D eigenvalue weighted by Gasteiger charge is 2.13. The number of hydrogen-bond acceptors (Lipinski definition) is 3. The smallest absolute Gasteiger partial charge is 0.125 e. The Morgan fingerprint density at radius 1 is 1.14 bits per heavy atom. The van der Waals surface area contributed by atoms with E-state index in [0.717, 1.165) is 27.7 Å². The lowest BCUT2D eigenvalue weighted by atomic mass is 10.1. The molecule has 0 saturated carbocycles. The molecule has 2 aromatic carbocycles. The molecule has 1 unspecified atom stereocenters. The number of benzene rings is 2. The van der Waals surface area contributed by atoms with Crippen molar-refractivity contribution in [2.24, 2.45) is 0 Å². The molecule has 2 aromatic rings. The maximum absolute atomic E-state index is 10.4. The Kier molecular flexibility index (Phi) is 6.43. The normalized spacial score (nSPS) is 12.1. The van der Waals surface area contributed by atoms with Crippen molar-refractivity contribution < 1.29 is 9.84 Å². The third-order valence-electron chi connectivity index (χ3n) is 2.96. The predicted octanol–water partition coefficient (Wildman–Crippen LogP) is 4.95. The number of aliphatic hydroxyl groups excluding tert-OH is 1. The maximum atomic E-state index is 10.4. The van der Waals surface area contributed by atoms with E-state index in [1.165, 1.54) is 0 Å². The van der Waals surface area contributed by atoms with Gasteiger partial charge in [0.1, 0.15) is 5.75 Å². The van der Waals surface area contributed by atoms with Gasteiger partial charge < -0.3 is 9.84 Å². The zero-order valence-electron chi connectivity index (χ0n) is 12.0. The lowest BCUT2D eigenvalue weighted by Crippen LogP contribution is -2.05. The molecule has 1 atom stereocenters. The van der Waals surface area contributed by atoms with Crippen LogP contribution in [0.2, 0.25) is 5.02 Å². The van der Waals surface area contributed by atoms with Gasteiger partial charge in [0.25, 0.3) is 0 Å². The van der Waals surface area contributed by atoms with E-state index in [1.807, 2.05) is 48.5 Å². The standard InChI is InChI=1S/C17H19ClO2S/c1-2-11-20-17-6-4-3-5-15(17)16(19)12-21-14-9-7-13(18)8-10-14/h3-10,16,19H,2,11-12H2,1H3. The monoisotopic (exact) mass is 322 g/mol. The first-order valence-corrected chi connectivity index (χ1v) is 8.35. The van der Waals surface area contributed by atoms with Gasteiger partial charge in [-0.1, -0.05) is 36.7 Å². The van der Waals surface area contributed by atoms with E-state index in [9.17, 15) is 5.11 Å². The largest absolute Gasteiger partial charge is 0.493 e. The van der Waals surface area contributed by atoms with Crippen LogP contribution in [0, 0.1) is 0 Å². The number of thioether (sulfide) groups is 1. The van der Waals surface area contributed by atoms with Gasteiger partial charge in [0.05, 0.1) is 12.7 Å². The Morgan fingerprint density at radius 2 is 1.86 bits per heavy atom. The Balaban J connectivity index is 1.99. The summed E-state index contributed by atoms with van der Waals surface area (Å²) in [5.41, 5.74) is 0.840. The van der Waals surface area contributed by atoms with Crippen LogP contribution in [0.3, 0.4) is 0 Å². The van der Waals surface area contributed by atoms with E-state index >= 15 is 0 Å². The summed E-state index contributed by atoms with van der Waals surface area (Å²) in [6.07, 6.45) is 0.392. The van der Waals surface area contributed by atoms with Crippen LogP contribution in [0.5, 0.6) is 5.75 Å². The molecular formula is C17H19ClO2S. The summed E-state index contributed by atoms with van der Waals surface area (Å²) in [5.74, 6) is 1.34. The molecular weight excluding hydrogens is 304 g/mol. The van der Waals surface area contributed by atoms with Gasteiger partial charge in [-0.15, -0.1) is 11.8 Å². The number of halogens is 1. The van der Waals surface area contributed by atoms with E-state index in [2.05, 4.69) is 6.92 Å². The third-order valence-corrected chi connectivity index (χ3v) is 4.30. The Hall–Kier alpha value is -1.16. The quantitative estimate of drug-likeness (QED) is 0.731. The summed E-state index contributed by atoms with van der Waals surface area (Å²) in [4.78, 5) is 1.09. The van der Waals surface area contributed by atoms with Crippen molar-refractivity contribution in [3.05, 3.63) is 59.1 Å². The lowest BCUT2D eigenvalue weighted by molar-refractivity contribution is 0.195. The molecule has 2 rings (SSSR count). The van der Waals surface area contributed by atoms with E-state index in [1.54, 1.807) is 11.8 Å². The third kappa shape index (κ3) is 4.95. The molecule has 4 heteroatoms. The fraction of sp³-hybridized carbons (Fsp3) is 0.294. The molecule has 0 bridgehead atoms. The average Bonchev–Trinajstić information content (AvgIpc) is 2.52. The average molecular weight is 323 g/mol. The van der Waals surface area contributed by atoms with Crippen molar-refractivity contribution in [1.82, 2.24) is 0 Å². The molecule has 0 aromatic heterocycles. The fourth-order valence-corrected chi connectivity index (χ4v) is 2.88. The van der Waals surface area contributed by atoms with Crippen LogP contribution in [0.1, 0.15) is 25.0 Å². The number of aliphatic hydroxyl groups is 1. The van der Waals surface area contributed by atoms with Gasteiger partial charge in [-0.25, -0.2) is 0 Å². The molecule has 0 aliphatic rings. The van der Waals surface area contributed by atoms with E-state index in [0.29, 0.717) is 12.4 Å². The minimum absolute atomic E-state index is 0.557. The van der Waals surface area contributed by atoms with Crippen molar-refractivity contribution in [3.63, 3.8) is 0 Å². The van der Waals surface area contributed by atoms with Gasteiger partial charge in [0.2, 0.25) is 0 Å². The van der Waals surface area contributed by atoms with Crippen molar-refractivity contribution in [2.45, 2.75) is 24.3 Å². The van der Waals surface area contributed by atoms with Crippen molar-refractivity contribution in [2.75, 3.05) is 12.4 Å². The molecule has 1 N–H and O–H groups in total. The van der Waals surface area contributed by atoms with E-state index < -0.39 is 6.10 Å². The van der Waals surface area contributed by atoms with Crippen molar-refractivity contribution >= 4 is 23.4 Å². The van der Waals surface area contributed by atoms with Crippen LogP contribution < -0.4 is 4.74 Å². The summed E-state index contributed by atoms with van der Waals surface area (Å²) in [6.45, 7) is 2.73. The van der Waals surface area contributed by atoms with Gasteiger partial charge in [-0.3, -0.25) is 0 Å². The van der Waals surface area contributed by atoms with Crippen LogP contribution in [0.25, 0.3) is 0 Å². The van der Waals surface area contributed by atoms with Gasteiger partial charge in [0, 0.05) is 21.2 Å². The summed E-state index contributed by atoms with van der Waals surface area (Å²) in [7, 11) is 0. The molecule has 0 aliphatic heterocycles. The van der Waals surface area contributed by atoms with Gasteiger partial charge in [-0.05, 0) is 36.8 Å². The molecule has 0 fully saturated rings. The van der Waals surface area contributed by atoms with Crippen molar-refractivity contribution in [3.8, 4) is 5.75 Å². The van der Waals surface area contributed by atoms with E-state index in [4.69, 9.17) is 16.3 Å². The second kappa shape index (κ2) is 8.32. The Morgan fingerprint density at radius 3 is 2.57 bits per heavy atom. The highest BCUT2D eigenvalue weighted by molar-refractivity contribution is 7.99. The molecule has 2 nitrogen and oxygen atoms in total. The SMILES string of the molecule is CCCOc1ccccc1C(O)CSc1ccc(Cl)cc1. The zero-order valence-corrected chi connectivity index (χ0v) is 13.5. The zero-order chi connectivity index (χ0) is 15.1. The minimum atomic E-state index is -0.557. The van der Waals surface area contributed by atoms with Gasteiger partial charge >= 0.3 is 0 Å². The lowest BCUT2D eigenvalue weighted by Gasteiger charge is -2.15. The van der Waals surface area contributed by atoms with Crippen LogP contribution in [-0.2, 0) is 0 Å². The first kappa shape index (κ1) is 16.2. The van der Waals surface area contributed by atoms with Gasteiger partial charge in [0.15, 0.2) is 0 Å². The highest BCUT2D eigenvalue weighted by atomic mass is 35.5. The molecule has 0 spiro atoms.